The zero-order valence-corrected chi connectivity index (χ0v) is 30.3. The monoisotopic (exact) mass is 790 g/mol. The van der Waals surface area contributed by atoms with E-state index < -0.39 is 35.3 Å². The normalized spacial score (nSPS) is 18.0. The molecule has 8 rings (SSSR count). The molecule has 16 heteroatoms. The number of anilines is 1. The molecule has 0 unspecified atom stereocenters. The molecule has 1 N–H and O–H groups in total. The van der Waals surface area contributed by atoms with Gasteiger partial charge in [-0.3, -0.25) is 18.7 Å². The van der Waals surface area contributed by atoms with E-state index in [1.165, 1.54) is 32.6 Å². The number of nitrogens with one attached hydrogen (secondary N) is 1. The van der Waals surface area contributed by atoms with Crippen LogP contribution in [0.2, 0.25) is 0 Å². The Labute approximate surface area is 309 Å². The minimum absolute atomic E-state index is 0.0231. The average Bonchev–Trinajstić information content (AvgIpc) is 3.74. The van der Waals surface area contributed by atoms with Crippen molar-refractivity contribution in [1.29, 1.82) is 0 Å². The summed E-state index contributed by atoms with van der Waals surface area (Å²) in [5.41, 5.74) is 1.78. The summed E-state index contributed by atoms with van der Waals surface area (Å²) in [5, 5.41) is 10.7. The van der Waals surface area contributed by atoms with Crippen LogP contribution in [-0.2, 0) is 25.8 Å². The van der Waals surface area contributed by atoms with Crippen LogP contribution in [0.4, 0.5) is 18.9 Å². The number of aromatic nitrogens is 4. The van der Waals surface area contributed by atoms with E-state index in [9.17, 15) is 27.6 Å². The summed E-state index contributed by atoms with van der Waals surface area (Å²) >= 11 is 2.94. The predicted molar refractivity (Wildman–Crippen MR) is 192 cm³/mol. The zero-order valence-electron chi connectivity index (χ0n) is 28.7. The van der Waals surface area contributed by atoms with Crippen LogP contribution in [0.25, 0.3) is 17.1 Å². The molecule has 2 saturated heterocycles. The van der Waals surface area contributed by atoms with E-state index in [2.05, 4.69) is 48.3 Å². The van der Waals surface area contributed by atoms with Crippen molar-refractivity contribution in [1.82, 2.24) is 34.4 Å². The predicted octanol–water partition coefficient (Wildman–Crippen LogP) is 5.20. The van der Waals surface area contributed by atoms with E-state index in [4.69, 9.17) is 4.42 Å². The SMILES string of the molecule is C[C@H]1Cn2c(c(C(=O)NCc3ccccc3-c3nnco3)n(-c3ccc(N4CC5(CN(C)C5)C4)cc3)c2=O)CN1C(=O)c1ccc(Br)c(C(F)(F)F)c1. The molecule has 5 heterocycles. The first-order valence-electron chi connectivity index (χ1n) is 17.0. The topological polar surface area (TPSA) is 122 Å². The smallest absolute Gasteiger partial charge is 0.417 e. The average molecular weight is 792 g/mol. The third kappa shape index (κ3) is 6.22. The minimum Gasteiger partial charge on any atom is -0.423 e. The van der Waals surface area contributed by atoms with Crippen LogP contribution in [0.3, 0.4) is 0 Å². The number of carbonyl (C=O) groups is 2. The van der Waals surface area contributed by atoms with Crippen molar-refractivity contribution in [2.45, 2.75) is 38.8 Å². The lowest BCUT2D eigenvalue weighted by atomic mass is 9.73. The molecule has 2 fully saturated rings. The largest absolute Gasteiger partial charge is 0.423 e. The second-order valence-corrected chi connectivity index (χ2v) is 15.0. The van der Waals surface area contributed by atoms with Gasteiger partial charge in [0.15, 0.2) is 0 Å². The van der Waals surface area contributed by atoms with Gasteiger partial charge in [0.25, 0.3) is 11.8 Å². The number of rotatable bonds is 7. The molecule has 0 aliphatic carbocycles. The summed E-state index contributed by atoms with van der Waals surface area (Å²) in [6.07, 6.45) is -3.48. The third-order valence-corrected chi connectivity index (χ3v) is 11.0. The van der Waals surface area contributed by atoms with Crippen molar-refractivity contribution in [3.05, 3.63) is 116 Å². The van der Waals surface area contributed by atoms with Crippen molar-refractivity contribution >= 4 is 33.4 Å². The molecular weight excluding hydrogens is 757 g/mol. The molecule has 3 aliphatic heterocycles. The molecule has 0 bridgehead atoms. The molecule has 0 radical (unpaired) electrons. The van der Waals surface area contributed by atoms with Crippen LogP contribution in [0.5, 0.6) is 0 Å². The summed E-state index contributed by atoms with van der Waals surface area (Å²) in [5.74, 6) is -0.963. The summed E-state index contributed by atoms with van der Waals surface area (Å²) < 4.78 is 49.3. The number of fused-ring (bicyclic) bond motifs is 1. The standard InChI is InChI=1S/C37H34BrF3N8O4/c1-22-15-48-30(16-47(22)34(51)23-7-12-29(38)28(13-23)37(39,40)41)31(32(50)42-14-24-5-3-4-6-27(24)33-44-43-21-53-33)49(35(48)52)26-10-8-25(9-11-26)46-19-36(20-46)17-45(2)18-36/h3-13,21-22H,14-20H2,1-2H3,(H,42,50)/t22-/m0/s1. The number of carbonyl (C=O) groups excluding carboxylic acids is 2. The highest BCUT2D eigenvalue weighted by Gasteiger charge is 2.50. The molecule has 274 valence electrons. The Bertz CT molecular complexity index is 2270. The first-order chi connectivity index (χ1) is 25.3. The fourth-order valence-corrected chi connectivity index (χ4v) is 8.36. The van der Waals surface area contributed by atoms with Crippen LogP contribution in [0.1, 0.15) is 44.6 Å². The van der Waals surface area contributed by atoms with Crippen molar-refractivity contribution in [3.63, 3.8) is 0 Å². The molecule has 5 aromatic rings. The van der Waals surface area contributed by atoms with Gasteiger partial charge >= 0.3 is 11.9 Å². The Morgan fingerprint density at radius 2 is 1.74 bits per heavy atom. The Kier molecular flexibility index (Phi) is 8.56. The molecule has 2 amide bonds. The van der Waals surface area contributed by atoms with E-state index in [0.29, 0.717) is 22.2 Å². The van der Waals surface area contributed by atoms with Crippen LogP contribution in [0.15, 0.2) is 86.8 Å². The van der Waals surface area contributed by atoms with E-state index in [0.717, 1.165) is 37.9 Å². The first kappa shape index (κ1) is 34.8. The van der Waals surface area contributed by atoms with E-state index in [-0.39, 0.29) is 46.9 Å². The van der Waals surface area contributed by atoms with Gasteiger partial charge < -0.3 is 24.4 Å². The van der Waals surface area contributed by atoms with Crippen molar-refractivity contribution in [2.75, 3.05) is 38.1 Å². The molecule has 3 aromatic carbocycles. The van der Waals surface area contributed by atoms with Gasteiger partial charge in [-0.25, -0.2) is 4.79 Å². The lowest BCUT2D eigenvalue weighted by Crippen LogP contribution is -2.71. The van der Waals surface area contributed by atoms with E-state index in [1.807, 2.05) is 12.1 Å². The zero-order chi connectivity index (χ0) is 37.2. The molecule has 1 spiro atoms. The van der Waals surface area contributed by atoms with E-state index >= 15 is 0 Å². The van der Waals surface area contributed by atoms with Gasteiger partial charge in [0.2, 0.25) is 12.3 Å². The highest BCUT2D eigenvalue weighted by Crippen LogP contribution is 2.41. The number of nitrogens with zero attached hydrogens (tertiary/aromatic N) is 7. The molecule has 12 nitrogen and oxygen atoms in total. The Hall–Kier alpha value is -5.22. The number of imidazole rings is 1. The number of alkyl halides is 3. The number of likely N-dealkylation sites (tertiary alicyclic amines) is 1. The van der Waals surface area contributed by atoms with Gasteiger partial charge in [0, 0.05) is 72.0 Å². The fourth-order valence-electron chi connectivity index (χ4n) is 7.89. The maximum absolute atomic E-state index is 14.3. The Morgan fingerprint density at radius 3 is 2.42 bits per heavy atom. The highest BCUT2D eigenvalue weighted by molar-refractivity contribution is 9.10. The Balaban J connectivity index is 1.14. The number of benzene rings is 3. The number of halogens is 4. The van der Waals surface area contributed by atoms with Gasteiger partial charge in [-0.05, 0) is 68.1 Å². The quantitative estimate of drug-likeness (QED) is 0.239. The number of hydrogen-bond acceptors (Lipinski definition) is 8. The molecular formula is C37H34BrF3N8O4. The molecule has 0 saturated carbocycles. The van der Waals surface area contributed by atoms with Gasteiger partial charge in [-0.15, -0.1) is 10.2 Å². The molecule has 1 atom stereocenters. The molecule has 2 aromatic heterocycles. The highest BCUT2D eigenvalue weighted by atomic mass is 79.9. The van der Waals surface area contributed by atoms with Crippen LogP contribution < -0.4 is 15.9 Å². The molecule has 3 aliphatic rings. The lowest BCUT2D eigenvalue weighted by molar-refractivity contribution is -0.138. The van der Waals surface area contributed by atoms with Crippen molar-refractivity contribution < 1.29 is 27.2 Å². The van der Waals surface area contributed by atoms with Crippen LogP contribution in [0, 0.1) is 5.41 Å². The molecule has 53 heavy (non-hydrogen) atoms. The third-order valence-electron chi connectivity index (χ3n) is 10.3. The maximum atomic E-state index is 14.3. The second kappa shape index (κ2) is 13.0. The van der Waals surface area contributed by atoms with Crippen LogP contribution in [-0.4, -0.2) is 80.2 Å². The second-order valence-electron chi connectivity index (χ2n) is 14.1. The van der Waals surface area contributed by atoms with Gasteiger partial charge in [0.1, 0.15) is 5.69 Å². The summed E-state index contributed by atoms with van der Waals surface area (Å²) in [6, 6.07) is 17.4. The van der Waals surface area contributed by atoms with Crippen molar-refractivity contribution in [3.8, 4) is 17.1 Å². The summed E-state index contributed by atoms with van der Waals surface area (Å²) in [4.78, 5) is 48.4. The maximum Gasteiger partial charge on any atom is 0.417 e. The lowest BCUT2D eigenvalue weighted by Gasteiger charge is -2.60. The summed E-state index contributed by atoms with van der Waals surface area (Å²) in [7, 11) is 2.11. The Morgan fingerprint density at radius 1 is 1.02 bits per heavy atom. The van der Waals surface area contributed by atoms with Gasteiger partial charge in [-0.1, -0.05) is 34.1 Å². The first-order valence-corrected chi connectivity index (χ1v) is 17.8. The van der Waals surface area contributed by atoms with Crippen molar-refractivity contribution in [2.24, 2.45) is 5.41 Å². The number of amides is 2. The van der Waals surface area contributed by atoms with Crippen LogP contribution >= 0.6 is 15.9 Å². The fraction of sp³-hybridized carbons (Fsp3) is 0.324. The summed E-state index contributed by atoms with van der Waals surface area (Å²) in [6.45, 7) is 5.61. The van der Waals surface area contributed by atoms with Gasteiger partial charge in [0.05, 0.1) is 23.5 Å². The van der Waals surface area contributed by atoms with E-state index in [1.54, 1.807) is 43.3 Å². The number of hydrogen-bond donors (Lipinski definition) is 1. The van der Waals surface area contributed by atoms with Gasteiger partial charge in [-0.2, -0.15) is 13.2 Å². The minimum atomic E-state index is -4.69.